The highest BCUT2D eigenvalue weighted by Crippen LogP contribution is 2.30. The third kappa shape index (κ3) is 3.22. The predicted molar refractivity (Wildman–Crippen MR) is 96.2 cm³/mol. The van der Waals surface area contributed by atoms with Gasteiger partial charge in [-0.05, 0) is 49.6 Å². The van der Waals surface area contributed by atoms with E-state index in [9.17, 15) is 13.2 Å². The number of rotatable bonds is 3. The van der Waals surface area contributed by atoms with Gasteiger partial charge in [0.2, 0.25) is 0 Å². The third-order valence-electron chi connectivity index (χ3n) is 4.65. The van der Waals surface area contributed by atoms with Crippen LogP contribution in [0.1, 0.15) is 27.9 Å². The minimum Gasteiger partial charge on any atom is -0.304 e. The Labute approximate surface area is 143 Å². The SMILES string of the molecule is Cc1cccc(N(C(=O)c2ccccc2)C2CCS(=O)(=O)C2)c1C. The summed E-state index contributed by atoms with van der Waals surface area (Å²) in [4.78, 5) is 14.8. The Kier molecular flexibility index (Phi) is 4.45. The summed E-state index contributed by atoms with van der Waals surface area (Å²) in [5.41, 5.74) is 3.46. The van der Waals surface area contributed by atoms with Crippen molar-refractivity contribution in [1.29, 1.82) is 0 Å². The van der Waals surface area contributed by atoms with E-state index in [1.807, 2.05) is 50.2 Å². The summed E-state index contributed by atoms with van der Waals surface area (Å²) in [5, 5.41) is 0. The van der Waals surface area contributed by atoms with Crippen molar-refractivity contribution in [2.45, 2.75) is 26.3 Å². The molecule has 1 unspecified atom stereocenters. The molecule has 24 heavy (non-hydrogen) atoms. The molecule has 0 spiro atoms. The van der Waals surface area contributed by atoms with Crippen LogP contribution in [0, 0.1) is 13.8 Å². The van der Waals surface area contributed by atoms with E-state index in [-0.39, 0.29) is 23.5 Å². The first kappa shape index (κ1) is 16.7. The lowest BCUT2D eigenvalue weighted by atomic mass is 10.0. The number of benzene rings is 2. The van der Waals surface area contributed by atoms with Crippen LogP contribution < -0.4 is 4.90 Å². The smallest absolute Gasteiger partial charge is 0.258 e. The third-order valence-corrected chi connectivity index (χ3v) is 6.40. The monoisotopic (exact) mass is 343 g/mol. The molecule has 0 N–H and O–H groups in total. The lowest BCUT2D eigenvalue weighted by molar-refractivity contribution is 0.0979. The van der Waals surface area contributed by atoms with Crippen molar-refractivity contribution in [3.8, 4) is 0 Å². The fraction of sp³-hybridized carbons (Fsp3) is 0.316. The predicted octanol–water partition coefficient (Wildman–Crippen LogP) is 3.14. The van der Waals surface area contributed by atoms with E-state index in [2.05, 4.69) is 0 Å². The topological polar surface area (TPSA) is 54.5 Å². The van der Waals surface area contributed by atoms with Gasteiger partial charge in [-0.15, -0.1) is 0 Å². The molecule has 5 heteroatoms. The van der Waals surface area contributed by atoms with E-state index in [0.717, 1.165) is 16.8 Å². The molecule has 0 radical (unpaired) electrons. The molecule has 0 saturated carbocycles. The number of hydrogen-bond acceptors (Lipinski definition) is 3. The molecule has 0 aliphatic carbocycles. The van der Waals surface area contributed by atoms with Gasteiger partial charge in [-0.3, -0.25) is 4.79 Å². The largest absolute Gasteiger partial charge is 0.304 e. The van der Waals surface area contributed by atoms with Crippen LogP contribution in [0.2, 0.25) is 0 Å². The van der Waals surface area contributed by atoms with Gasteiger partial charge in [0, 0.05) is 11.3 Å². The van der Waals surface area contributed by atoms with E-state index in [1.165, 1.54) is 0 Å². The van der Waals surface area contributed by atoms with Crippen molar-refractivity contribution in [3.63, 3.8) is 0 Å². The molecule has 0 aromatic heterocycles. The number of anilines is 1. The van der Waals surface area contributed by atoms with Crippen LogP contribution >= 0.6 is 0 Å². The average Bonchev–Trinajstić information content (AvgIpc) is 2.92. The summed E-state index contributed by atoms with van der Waals surface area (Å²) in [5.74, 6) is 0.0199. The molecule has 1 atom stereocenters. The maximum Gasteiger partial charge on any atom is 0.258 e. The Morgan fingerprint density at radius 3 is 2.38 bits per heavy atom. The Hall–Kier alpha value is -2.14. The summed E-state index contributed by atoms with van der Waals surface area (Å²) >= 11 is 0. The van der Waals surface area contributed by atoms with E-state index < -0.39 is 9.84 Å². The zero-order valence-corrected chi connectivity index (χ0v) is 14.7. The van der Waals surface area contributed by atoms with E-state index in [0.29, 0.717) is 12.0 Å². The Morgan fingerprint density at radius 1 is 1.04 bits per heavy atom. The Morgan fingerprint density at radius 2 is 1.75 bits per heavy atom. The second-order valence-corrected chi connectivity index (χ2v) is 8.55. The van der Waals surface area contributed by atoms with Crippen molar-refractivity contribution < 1.29 is 13.2 Å². The fourth-order valence-corrected chi connectivity index (χ4v) is 4.87. The molecular formula is C19H21NO3S. The molecule has 1 heterocycles. The quantitative estimate of drug-likeness (QED) is 0.860. The van der Waals surface area contributed by atoms with Crippen LogP contribution in [0.5, 0.6) is 0 Å². The normalized spacial score (nSPS) is 19.2. The lowest BCUT2D eigenvalue weighted by Crippen LogP contribution is -2.41. The summed E-state index contributed by atoms with van der Waals surface area (Å²) in [6.45, 7) is 3.97. The van der Waals surface area contributed by atoms with Gasteiger partial charge in [0.15, 0.2) is 9.84 Å². The minimum absolute atomic E-state index is 0.0267. The number of hydrogen-bond donors (Lipinski definition) is 0. The van der Waals surface area contributed by atoms with Crippen molar-refractivity contribution in [1.82, 2.24) is 0 Å². The number of sulfone groups is 1. The molecule has 2 aromatic carbocycles. The van der Waals surface area contributed by atoms with Crippen LogP contribution in [-0.2, 0) is 9.84 Å². The zero-order valence-electron chi connectivity index (χ0n) is 13.9. The molecule has 1 saturated heterocycles. The zero-order chi connectivity index (χ0) is 17.3. The molecule has 1 aliphatic rings. The fourth-order valence-electron chi connectivity index (χ4n) is 3.17. The van der Waals surface area contributed by atoms with Gasteiger partial charge >= 0.3 is 0 Å². The van der Waals surface area contributed by atoms with E-state index in [1.54, 1.807) is 17.0 Å². The molecular weight excluding hydrogens is 322 g/mol. The second-order valence-electron chi connectivity index (χ2n) is 6.32. The van der Waals surface area contributed by atoms with E-state index >= 15 is 0 Å². The van der Waals surface area contributed by atoms with Crippen LogP contribution in [0.15, 0.2) is 48.5 Å². The van der Waals surface area contributed by atoms with Crippen molar-refractivity contribution in [2.75, 3.05) is 16.4 Å². The van der Waals surface area contributed by atoms with Gasteiger partial charge in [-0.1, -0.05) is 30.3 Å². The number of aryl methyl sites for hydroxylation is 1. The summed E-state index contributed by atoms with van der Waals surface area (Å²) < 4.78 is 23.9. The molecule has 1 fully saturated rings. The van der Waals surface area contributed by atoms with Crippen LogP contribution in [0.3, 0.4) is 0 Å². The van der Waals surface area contributed by atoms with Gasteiger partial charge in [0.25, 0.3) is 5.91 Å². The van der Waals surface area contributed by atoms with Crippen molar-refractivity contribution in [3.05, 3.63) is 65.2 Å². The molecule has 126 valence electrons. The van der Waals surface area contributed by atoms with Gasteiger partial charge in [0.1, 0.15) is 0 Å². The number of nitrogens with zero attached hydrogens (tertiary/aromatic N) is 1. The van der Waals surface area contributed by atoms with Crippen LogP contribution in [0.4, 0.5) is 5.69 Å². The molecule has 1 amide bonds. The molecule has 4 nitrogen and oxygen atoms in total. The summed E-state index contributed by atoms with van der Waals surface area (Å²) in [6.07, 6.45) is 0.480. The first-order valence-corrected chi connectivity index (χ1v) is 9.86. The molecule has 0 bridgehead atoms. The highest BCUT2D eigenvalue weighted by molar-refractivity contribution is 7.91. The van der Waals surface area contributed by atoms with Gasteiger partial charge in [-0.25, -0.2) is 8.42 Å². The minimum atomic E-state index is -3.08. The van der Waals surface area contributed by atoms with Crippen molar-refractivity contribution >= 4 is 21.4 Å². The Balaban J connectivity index is 2.08. The van der Waals surface area contributed by atoms with E-state index in [4.69, 9.17) is 0 Å². The number of amides is 1. The van der Waals surface area contributed by atoms with Gasteiger partial charge < -0.3 is 4.90 Å². The van der Waals surface area contributed by atoms with Crippen molar-refractivity contribution in [2.24, 2.45) is 0 Å². The Bertz CT molecular complexity index is 859. The summed E-state index contributed by atoms with van der Waals surface area (Å²) in [6, 6.07) is 14.5. The maximum absolute atomic E-state index is 13.1. The summed E-state index contributed by atoms with van der Waals surface area (Å²) in [7, 11) is -3.08. The standard InChI is InChI=1S/C19H21NO3S/c1-14-7-6-10-18(15(14)2)20(17-11-12-24(22,23)13-17)19(21)16-8-4-3-5-9-16/h3-10,17H,11-13H2,1-2H3. The lowest BCUT2D eigenvalue weighted by Gasteiger charge is -2.30. The number of carbonyl (C=O) groups is 1. The highest BCUT2D eigenvalue weighted by Gasteiger charge is 2.36. The molecule has 1 aliphatic heterocycles. The van der Waals surface area contributed by atoms with Crippen LogP contribution in [0.25, 0.3) is 0 Å². The first-order valence-electron chi connectivity index (χ1n) is 8.04. The first-order chi connectivity index (χ1) is 11.4. The molecule has 3 rings (SSSR count). The number of carbonyl (C=O) groups excluding carboxylic acids is 1. The van der Waals surface area contributed by atoms with Crippen LogP contribution in [-0.4, -0.2) is 31.9 Å². The average molecular weight is 343 g/mol. The second kappa shape index (κ2) is 6.40. The molecule has 2 aromatic rings. The van der Waals surface area contributed by atoms with Gasteiger partial charge in [0.05, 0.1) is 17.5 Å². The highest BCUT2D eigenvalue weighted by atomic mass is 32.2. The van der Waals surface area contributed by atoms with Gasteiger partial charge in [-0.2, -0.15) is 0 Å². The maximum atomic E-state index is 13.1.